The van der Waals surface area contributed by atoms with Crippen LogP contribution in [-0.2, 0) is 9.47 Å². The van der Waals surface area contributed by atoms with Crippen LogP contribution in [0.5, 0.6) is 0 Å². The average Bonchev–Trinajstić information content (AvgIpc) is 2.35. The second-order valence-electron chi connectivity index (χ2n) is 4.98. The van der Waals surface area contributed by atoms with Gasteiger partial charge in [-0.2, -0.15) is 0 Å². The number of nitrogens with one attached hydrogen (secondary N) is 1. The van der Waals surface area contributed by atoms with Gasteiger partial charge in [-0.3, -0.25) is 0 Å². The third kappa shape index (κ3) is 4.88. The van der Waals surface area contributed by atoms with Crippen molar-refractivity contribution in [2.24, 2.45) is 0 Å². The maximum Gasteiger partial charge on any atom is 0.0700 e. The van der Waals surface area contributed by atoms with Gasteiger partial charge >= 0.3 is 0 Å². The molecule has 1 aliphatic rings. The summed E-state index contributed by atoms with van der Waals surface area (Å²) in [5.74, 6) is 0.712. The van der Waals surface area contributed by atoms with Crippen LogP contribution < -0.4 is 5.32 Å². The summed E-state index contributed by atoms with van der Waals surface area (Å²) in [5, 5.41) is 3.53. The Morgan fingerprint density at radius 1 is 1.26 bits per heavy atom. The fraction of sp³-hybridized carbons (Fsp3) is 0.600. The lowest BCUT2D eigenvalue weighted by molar-refractivity contribution is 0.0694. The summed E-state index contributed by atoms with van der Waals surface area (Å²) < 4.78 is 11.5. The third-order valence-electron chi connectivity index (χ3n) is 3.57. The highest BCUT2D eigenvalue weighted by molar-refractivity contribution is 9.10. The van der Waals surface area contributed by atoms with Gasteiger partial charge in [0.1, 0.15) is 0 Å². The summed E-state index contributed by atoms with van der Waals surface area (Å²) in [7, 11) is 1.69. The first-order valence-corrected chi connectivity index (χ1v) is 7.64. The van der Waals surface area contributed by atoms with Crippen LogP contribution in [0.25, 0.3) is 0 Å². The van der Waals surface area contributed by atoms with E-state index in [1.165, 1.54) is 22.9 Å². The van der Waals surface area contributed by atoms with Crippen LogP contribution in [0.1, 0.15) is 24.3 Å². The number of ether oxygens (including phenoxy) is 2. The van der Waals surface area contributed by atoms with E-state index < -0.39 is 0 Å². The predicted octanol–water partition coefficient (Wildman–Crippen LogP) is 2.95. The number of rotatable bonds is 8. The molecule has 1 aromatic carbocycles. The molecule has 1 aromatic rings. The lowest BCUT2D eigenvalue weighted by atomic mass is 9.76. The number of methoxy groups -OCH3 is 1. The van der Waals surface area contributed by atoms with Crippen LogP contribution >= 0.6 is 15.9 Å². The maximum atomic E-state index is 5.43. The number of hydrogen-bond donors (Lipinski definition) is 1. The molecule has 4 heteroatoms. The first-order chi connectivity index (χ1) is 9.29. The van der Waals surface area contributed by atoms with E-state index in [0.29, 0.717) is 25.2 Å². The summed E-state index contributed by atoms with van der Waals surface area (Å²) in [4.78, 5) is 0. The molecule has 106 valence electrons. The van der Waals surface area contributed by atoms with E-state index in [1.807, 2.05) is 0 Å². The Bertz CT molecular complexity index is 380. The first kappa shape index (κ1) is 15.0. The van der Waals surface area contributed by atoms with Crippen LogP contribution in [0, 0.1) is 0 Å². The summed E-state index contributed by atoms with van der Waals surface area (Å²) in [6.07, 6.45) is 2.46. The second-order valence-corrected chi connectivity index (χ2v) is 5.90. The fourth-order valence-electron chi connectivity index (χ4n) is 2.40. The van der Waals surface area contributed by atoms with Crippen molar-refractivity contribution in [3.8, 4) is 0 Å². The summed E-state index contributed by atoms with van der Waals surface area (Å²) in [6.45, 7) is 3.05. The standard InChI is InChI=1S/C15H22BrNO2/c1-18-7-8-19-6-5-17-15-10-13(11-15)12-3-2-4-14(16)9-12/h2-4,9,13,15,17H,5-8,10-11H2,1H3. The molecule has 3 nitrogen and oxygen atoms in total. The lowest BCUT2D eigenvalue weighted by Gasteiger charge is -2.36. The normalized spacial score (nSPS) is 22.2. The first-order valence-electron chi connectivity index (χ1n) is 6.85. The zero-order valence-electron chi connectivity index (χ0n) is 11.4. The average molecular weight is 328 g/mol. The Balaban J connectivity index is 1.56. The molecule has 0 aromatic heterocycles. The van der Waals surface area contributed by atoms with Crippen molar-refractivity contribution >= 4 is 15.9 Å². The van der Waals surface area contributed by atoms with Gasteiger partial charge in [0.25, 0.3) is 0 Å². The topological polar surface area (TPSA) is 30.5 Å². The molecule has 1 N–H and O–H groups in total. The van der Waals surface area contributed by atoms with Crippen LogP contribution in [0.15, 0.2) is 28.7 Å². The molecule has 0 atom stereocenters. The van der Waals surface area contributed by atoms with E-state index in [4.69, 9.17) is 9.47 Å². The number of hydrogen-bond acceptors (Lipinski definition) is 3. The van der Waals surface area contributed by atoms with Crippen molar-refractivity contribution in [2.75, 3.05) is 33.5 Å². The van der Waals surface area contributed by atoms with Crippen molar-refractivity contribution in [3.63, 3.8) is 0 Å². The van der Waals surface area contributed by atoms with E-state index in [9.17, 15) is 0 Å². The zero-order chi connectivity index (χ0) is 13.5. The second kappa shape index (κ2) is 8.00. The molecule has 0 unspecified atom stereocenters. The summed E-state index contributed by atoms with van der Waals surface area (Å²) in [6, 6.07) is 9.29. The molecule has 1 fully saturated rings. The van der Waals surface area contributed by atoms with Crippen molar-refractivity contribution < 1.29 is 9.47 Å². The molecular weight excluding hydrogens is 306 g/mol. The van der Waals surface area contributed by atoms with Gasteiger partial charge in [0.05, 0.1) is 19.8 Å². The van der Waals surface area contributed by atoms with Gasteiger partial charge in [-0.15, -0.1) is 0 Å². The van der Waals surface area contributed by atoms with E-state index >= 15 is 0 Å². The Morgan fingerprint density at radius 3 is 2.84 bits per heavy atom. The van der Waals surface area contributed by atoms with Crippen LogP contribution in [-0.4, -0.2) is 39.5 Å². The Morgan fingerprint density at radius 2 is 2.11 bits per heavy atom. The van der Waals surface area contributed by atoms with Gasteiger partial charge in [0.2, 0.25) is 0 Å². The van der Waals surface area contributed by atoms with Crippen molar-refractivity contribution in [1.29, 1.82) is 0 Å². The Hall–Kier alpha value is -0.420. The molecule has 0 aliphatic heterocycles. The summed E-state index contributed by atoms with van der Waals surface area (Å²) in [5.41, 5.74) is 1.45. The minimum absolute atomic E-state index is 0.648. The maximum absolute atomic E-state index is 5.43. The Labute approximate surface area is 123 Å². The molecule has 0 heterocycles. The van der Waals surface area contributed by atoms with Gasteiger partial charge in [0, 0.05) is 24.2 Å². The molecule has 1 aliphatic carbocycles. The van der Waals surface area contributed by atoms with Gasteiger partial charge in [0.15, 0.2) is 0 Å². The van der Waals surface area contributed by atoms with Gasteiger partial charge in [-0.25, -0.2) is 0 Å². The number of benzene rings is 1. The lowest BCUT2D eigenvalue weighted by Crippen LogP contribution is -2.41. The minimum atomic E-state index is 0.648. The van der Waals surface area contributed by atoms with Crippen molar-refractivity contribution in [1.82, 2.24) is 5.32 Å². The highest BCUT2D eigenvalue weighted by Crippen LogP contribution is 2.37. The highest BCUT2D eigenvalue weighted by Gasteiger charge is 2.29. The molecule has 0 bridgehead atoms. The predicted molar refractivity (Wildman–Crippen MR) is 80.6 cm³/mol. The largest absolute Gasteiger partial charge is 0.382 e. The van der Waals surface area contributed by atoms with Gasteiger partial charge in [-0.05, 0) is 36.5 Å². The van der Waals surface area contributed by atoms with E-state index in [-0.39, 0.29) is 0 Å². The molecule has 0 radical (unpaired) electrons. The summed E-state index contributed by atoms with van der Waals surface area (Å²) >= 11 is 3.53. The van der Waals surface area contributed by atoms with Crippen LogP contribution in [0.2, 0.25) is 0 Å². The molecule has 0 spiro atoms. The van der Waals surface area contributed by atoms with E-state index in [2.05, 4.69) is 45.5 Å². The van der Waals surface area contributed by atoms with Crippen LogP contribution in [0.4, 0.5) is 0 Å². The third-order valence-corrected chi connectivity index (χ3v) is 4.06. The molecule has 1 saturated carbocycles. The SMILES string of the molecule is COCCOCCNC1CC(c2cccc(Br)c2)C1. The molecule has 0 saturated heterocycles. The fourth-order valence-corrected chi connectivity index (χ4v) is 2.81. The molecule has 2 rings (SSSR count). The van der Waals surface area contributed by atoms with E-state index in [1.54, 1.807) is 7.11 Å². The van der Waals surface area contributed by atoms with Crippen molar-refractivity contribution in [2.45, 2.75) is 24.8 Å². The van der Waals surface area contributed by atoms with Crippen LogP contribution in [0.3, 0.4) is 0 Å². The zero-order valence-corrected chi connectivity index (χ0v) is 13.0. The smallest absolute Gasteiger partial charge is 0.0700 e. The molecular formula is C15H22BrNO2. The highest BCUT2D eigenvalue weighted by atomic mass is 79.9. The minimum Gasteiger partial charge on any atom is -0.382 e. The monoisotopic (exact) mass is 327 g/mol. The van der Waals surface area contributed by atoms with Gasteiger partial charge < -0.3 is 14.8 Å². The van der Waals surface area contributed by atoms with Gasteiger partial charge in [-0.1, -0.05) is 28.1 Å². The number of halogens is 1. The quantitative estimate of drug-likeness (QED) is 0.745. The van der Waals surface area contributed by atoms with Crippen molar-refractivity contribution in [3.05, 3.63) is 34.3 Å². The molecule has 19 heavy (non-hydrogen) atoms. The molecule has 0 amide bonds. The Kier molecular flexibility index (Phi) is 6.31. The van der Waals surface area contributed by atoms with E-state index in [0.717, 1.165) is 13.2 Å².